The molecule has 0 aliphatic rings. The Balaban J connectivity index is 3.03. The molecule has 0 spiro atoms. The topological polar surface area (TPSA) is 35.5 Å². The van der Waals surface area contributed by atoms with E-state index in [2.05, 4.69) is 23.5 Å². The van der Waals surface area contributed by atoms with E-state index in [1.54, 1.807) is 0 Å². The first kappa shape index (κ1) is 11.4. The van der Waals surface area contributed by atoms with Crippen LogP contribution in [0.4, 0.5) is 0 Å². The van der Waals surface area contributed by atoms with Crippen molar-refractivity contribution in [2.24, 2.45) is 0 Å². The number of unbranched alkanes of at least 4 members (excludes halogenated alkanes) is 2. The third-order valence-corrected chi connectivity index (χ3v) is 1.43. The Hall–Kier alpha value is -0.570. The van der Waals surface area contributed by atoms with Crippen molar-refractivity contribution in [2.75, 3.05) is 13.2 Å². The van der Waals surface area contributed by atoms with Crippen molar-refractivity contribution in [2.45, 2.75) is 25.7 Å². The molecule has 0 amide bonds. The molecule has 0 aliphatic heterocycles. The Morgan fingerprint density at radius 1 is 1.25 bits per heavy atom. The smallest absolute Gasteiger partial charge is 0.305 e. The van der Waals surface area contributed by atoms with Crippen molar-refractivity contribution in [3.63, 3.8) is 0 Å². The van der Waals surface area contributed by atoms with Crippen LogP contribution in [0.2, 0.25) is 0 Å². The van der Waals surface area contributed by atoms with Crippen molar-refractivity contribution in [3.05, 3.63) is 14.0 Å². The fraction of sp³-hybridized carbons (Fsp3) is 0.667. The van der Waals surface area contributed by atoms with Gasteiger partial charge < -0.3 is 9.47 Å². The van der Waals surface area contributed by atoms with E-state index in [1.807, 2.05) is 0 Å². The Labute approximate surface area is 74.0 Å². The van der Waals surface area contributed by atoms with Gasteiger partial charge in [-0.25, -0.2) is 0 Å². The van der Waals surface area contributed by atoms with Crippen LogP contribution >= 0.6 is 0 Å². The molecular formula is C9H16O3. The van der Waals surface area contributed by atoms with E-state index < -0.39 is 0 Å². The van der Waals surface area contributed by atoms with Crippen LogP contribution in [0.1, 0.15) is 25.7 Å². The van der Waals surface area contributed by atoms with Crippen molar-refractivity contribution < 1.29 is 14.3 Å². The minimum Gasteiger partial charge on any atom is -0.466 e. The van der Waals surface area contributed by atoms with Gasteiger partial charge in [-0.2, -0.15) is 0 Å². The Kier molecular flexibility index (Phi) is 8.12. The normalized spacial score (nSPS) is 9.83. The minimum absolute atomic E-state index is 0.166. The summed E-state index contributed by atoms with van der Waals surface area (Å²) in [6.45, 7) is 4.29. The predicted octanol–water partition coefficient (Wildman–Crippen LogP) is 1.73. The van der Waals surface area contributed by atoms with E-state index in [4.69, 9.17) is 0 Å². The second-order valence-electron chi connectivity index (χ2n) is 2.44. The molecule has 0 aromatic rings. The lowest BCUT2D eigenvalue weighted by molar-refractivity contribution is -0.142. The number of hydrogen-bond donors (Lipinski definition) is 0. The predicted molar refractivity (Wildman–Crippen MR) is 46.1 cm³/mol. The number of esters is 1. The average molecular weight is 172 g/mol. The summed E-state index contributed by atoms with van der Waals surface area (Å²) in [5.74, 6) is -0.166. The molecule has 0 atom stereocenters. The molecule has 0 fully saturated rings. The monoisotopic (exact) mass is 172 g/mol. The standard InChI is InChI=1S/C9H16O3/c1-3-12-9(10)7-5-4-6-8-11-2/h1-8H2. The summed E-state index contributed by atoms with van der Waals surface area (Å²) in [5.41, 5.74) is 0. The van der Waals surface area contributed by atoms with Gasteiger partial charge >= 0.3 is 5.97 Å². The summed E-state index contributed by atoms with van der Waals surface area (Å²) in [5, 5.41) is 0. The largest absolute Gasteiger partial charge is 0.466 e. The highest BCUT2D eigenvalue weighted by Crippen LogP contribution is 2.01. The zero-order valence-corrected chi connectivity index (χ0v) is 7.38. The van der Waals surface area contributed by atoms with E-state index in [0.29, 0.717) is 13.0 Å². The highest BCUT2D eigenvalue weighted by Gasteiger charge is 1.99. The third kappa shape index (κ3) is 7.54. The Bertz CT molecular complexity index is 112. The van der Waals surface area contributed by atoms with Gasteiger partial charge in [0.2, 0.25) is 0 Å². The lowest BCUT2D eigenvalue weighted by Crippen LogP contribution is -2.03. The van der Waals surface area contributed by atoms with Crippen LogP contribution in [0.25, 0.3) is 0 Å². The lowest BCUT2D eigenvalue weighted by Gasteiger charge is -2.00. The number of rotatable bonds is 7. The minimum atomic E-state index is -0.166. The molecule has 0 N–H and O–H groups in total. The molecule has 12 heavy (non-hydrogen) atoms. The van der Waals surface area contributed by atoms with Gasteiger partial charge in [-0.15, -0.1) is 0 Å². The molecule has 70 valence electrons. The summed E-state index contributed by atoms with van der Waals surface area (Å²) in [7, 11) is 3.25. The number of carbonyl (C=O) groups excluding carboxylic acids is 1. The second-order valence-corrected chi connectivity index (χ2v) is 2.44. The third-order valence-electron chi connectivity index (χ3n) is 1.43. The second kappa shape index (κ2) is 8.53. The van der Waals surface area contributed by atoms with Gasteiger partial charge in [0.1, 0.15) is 0 Å². The Morgan fingerprint density at radius 3 is 2.58 bits per heavy atom. The maximum Gasteiger partial charge on any atom is 0.305 e. The van der Waals surface area contributed by atoms with Gasteiger partial charge in [-0.05, 0) is 19.8 Å². The number of ether oxygens (including phenoxy) is 2. The molecule has 0 heterocycles. The van der Waals surface area contributed by atoms with Crippen LogP contribution in [-0.4, -0.2) is 19.2 Å². The average Bonchev–Trinajstić information content (AvgIpc) is 2.05. The first-order chi connectivity index (χ1) is 5.81. The van der Waals surface area contributed by atoms with Crippen LogP contribution < -0.4 is 0 Å². The zero-order valence-electron chi connectivity index (χ0n) is 7.38. The quantitative estimate of drug-likeness (QED) is 0.433. The fourth-order valence-corrected chi connectivity index (χ4v) is 0.836. The first-order valence-electron chi connectivity index (χ1n) is 4.13. The van der Waals surface area contributed by atoms with E-state index in [0.717, 1.165) is 19.3 Å². The molecule has 0 aromatic heterocycles. The van der Waals surface area contributed by atoms with Crippen molar-refractivity contribution in [3.8, 4) is 0 Å². The molecule has 0 aliphatic carbocycles. The van der Waals surface area contributed by atoms with Crippen LogP contribution in [0.3, 0.4) is 0 Å². The molecule has 0 unspecified atom stereocenters. The molecule has 2 radical (unpaired) electrons. The van der Waals surface area contributed by atoms with Crippen LogP contribution in [0.5, 0.6) is 0 Å². The van der Waals surface area contributed by atoms with Gasteiger partial charge in [-0.3, -0.25) is 4.79 Å². The summed E-state index contributed by atoms with van der Waals surface area (Å²) in [4.78, 5) is 10.8. The maximum absolute atomic E-state index is 10.8. The van der Waals surface area contributed by atoms with Gasteiger partial charge in [0, 0.05) is 13.0 Å². The van der Waals surface area contributed by atoms with Crippen LogP contribution in [-0.2, 0) is 14.3 Å². The lowest BCUT2D eigenvalue weighted by atomic mass is 10.2. The highest BCUT2D eigenvalue weighted by molar-refractivity contribution is 5.69. The highest BCUT2D eigenvalue weighted by atomic mass is 16.5. The van der Waals surface area contributed by atoms with Crippen molar-refractivity contribution in [1.82, 2.24) is 0 Å². The van der Waals surface area contributed by atoms with Crippen molar-refractivity contribution in [1.29, 1.82) is 0 Å². The molecule has 0 bridgehead atoms. The van der Waals surface area contributed by atoms with Crippen LogP contribution in [0, 0.1) is 14.0 Å². The number of hydrogen-bond acceptors (Lipinski definition) is 3. The summed E-state index contributed by atoms with van der Waals surface area (Å²) in [6.07, 6.45) is 3.25. The maximum atomic E-state index is 10.8. The number of carbonyl (C=O) groups is 1. The molecule has 3 heteroatoms. The van der Waals surface area contributed by atoms with E-state index in [-0.39, 0.29) is 12.6 Å². The van der Waals surface area contributed by atoms with E-state index in [9.17, 15) is 4.79 Å². The molecule has 0 saturated heterocycles. The van der Waals surface area contributed by atoms with E-state index in [1.165, 1.54) is 0 Å². The van der Waals surface area contributed by atoms with Crippen LogP contribution in [0.15, 0.2) is 0 Å². The molecule has 0 rings (SSSR count). The van der Waals surface area contributed by atoms with Gasteiger partial charge in [-0.1, -0.05) is 6.42 Å². The summed E-state index contributed by atoms with van der Waals surface area (Å²) in [6, 6.07) is 0. The fourth-order valence-electron chi connectivity index (χ4n) is 0.836. The molecular weight excluding hydrogens is 156 g/mol. The Morgan fingerprint density at radius 2 is 2.00 bits per heavy atom. The van der Waals surface area contributed by atoms with Gasteiger partial charge in [0.15, 0.2) is 0 Å². The van der Waals surface area contributed by atoms with Crippen molar-refractivity contribution >= 4 is 5.97 Å². The SMILES string of the molecule is [CH2]COC(=O)CCCCCO[CH2]. The molecule has 0 saturated carbocycles. The molecule has 3 nitrogen and oxygen atoms in total. The summed E-state index contributed by atoms with van der Waals surface area (Å²) < 4.78 is 9.27. The molecule has 0 aromatic carbocycles. The summed E-state index contributed by atoms with van der Waals surface area (Å²) >= 11 is 0. The van der Waals surface area contributed by atoms with Gasteiger partial charge in [0.25, 0.3) is 0 Å². The zero-order chi connectivity index (χ0) is 9.23. The van der Waals surface area contributed by atoms with Gasteiger partial charge in [0.05, 0.1) is 13.7 Å². The first-order valence-corrected chi connectivity index (χ1v) is 4.13. The van der Waals surface area contributed by atoms with E-state index >= 15 is 0 Å².